The number of rotatable bonds is 61. The minimum atomic E-state index is -4.44. The van der Waals surface area contributed by atoms with Crippen LogP contribution in [0.4, 0.5) is 0 Å². The highest BCUT2D eigenvalue weighted by molar-refractivity contribution is 7.47. The highest BCUT2D eigenvalue weighted by atomic mass is 31.2. The maximum Gasteiger partial charge on any atom is 0.472 e. The number of quaternary nitrogens is 1. The SMILES string of the molecule is CCCCCCCCCCC/C=C\C(OC(=O)CCCCCCCCCCCCCCCCCCCCCCCCCCC)C(COP(=O)(O)OCC[N+](C)(C)C)NC(=O)CCCCCCCCCCCCCCC. The molecule has 0 radical (unpaired) electrons. The van der Waals surface area contributed by atoms with Gasteiger partial charge in [-0.2, -0.15) is 0 Å². The summed E-state index contributed by atoms with van der Waals surface area (Å²) in [6.45, 7) is 7.06. The predicted molar refractivity (Wildman–Crippen MR) is 323 cm³/mol. The van der Waals surface area contributed by atoms with Crippen molar-refractivity contribution in [1.82, 2.24) is 5.32 Å². The van der Waals surface area contributed by atoms with E-state index >= 15 is 0 Å². The minimum absolute atomic E-state index is 0.0457. The molecule has 0 saturated carbocycles. The van der Waals surface area contributed by atoms with Crippen LogP contribution in [-0.2, 0) is 27.9 Å². The first-order chi connectivity index (χ1) is 36.4. The normalized spacial score (nSPS) is 13.6. The third-order valence-electron chi connectivity index (χ3n) is 15.2. The molecule has 0 aromatic rings. The zero-order valence-electron chi connectivity index (χ0n) is 51.1. The molecule has 446 valence electrons. The Balaban J connectivity index is 4.97. The van der Waals surface area contributed by atoms with Crippen LogP contribution in [0.5, 0.6) is 0 Å². The predicted octanol–water partition coefficient (Wildman–Crippen LogP) is 20.3. The van der Waals surface area contributed by atoms with Crippen molar-refractivity contribution < 1.29 is 37.3 Å². The van der Waals surface area contributed by atoms with E-state index in [-0.39, 0.29) is 25.1 Å². The average molecular weight is 1080 g/mol. The number of likely N-dealkylation sites (N-methyl/N-ethyl adjacent to an activating group) is 1. The van der Waals surface area contributed by atoms with Crippen LogP contribution in [0.15, 0.2) is 12.2 Å². The van der Waals surface area contributed by atoms with Crippen LogP contribution in [0.2, 0.25) is 0 Å². The summed E-state index contributed by atoms with van der Waals surface area (Å²) in [6, 6.07) is -0.839. The Morgan fingerprint density at radius 3 is 1.09 bits per heavy atom. The fourth-order valence-corrected chi connectivity index (χ4v) is 10.9. The van der Waals surface area contributed by atoms with Gasteiger partial charge in [-0.3, -0.25) is 18.6 Å². The van der Waals surface area contributed by atoms with Gasteiger partial charge in [-0.25, -0.2) is 4.57 Å². The lowest BCUT2D eigenvalue weighted by Gasteiger charge is -2.27. The van der Waals surface area contributed by atoms with Crippen molar-refractivity contribution in [1.29, 1.82) is 0 Å². The molecule has 0 aliphatic heterocycles. The van der Waals surface area contributed by atoms with E-state index in [9.17, 15) is 19.0 Å². The van der Waals surface area contributed by atoms with Gasteiger partial charge in [0.15, 0.2) is 0 Å². The van der Waals surface area contributed by atoms with Gasteiger partial charge in [0, 0.05) is 12.8 Å². The standard InChI is InChI=1S/C65H129N2O7P/c1-7-10-13-16-19-22-25-27-28-29-30-31-32-33-34-35-36-37-38-40-43-46-49-52-55-58-65(69)74-63(56-53-50-47-44-41-24-21-18-15-12-9-3)62(61-73-75(70,71)72-60-59-67(4,5)6)66-64(68)57-54-51-48-45-42-39-26-23-20-17-14-11-8-2/h53,56,62-63H,7-52,54-55,57-61H2,1-6H3,(H-,66,68,70,71)/p+1/b56-53-. The Bertz CT molecular complexity index is 1290. The fraction of sp³-hybridized carbons (Fsp3) is 0.938. The second-order valence-electron chi connectivity index (χ2n) is 24.0. The molecule has 3 atom stereocenters. The van der Waals surface area contributed by atoms with Gasteiger partial charge >= 0.3 is 13.8 Å². The lowest BCUT2D eigenvalue weighted by Crippen LogP contribution is -2.47. The number of carbonyl (C=O) groups is 2. The zero-order chi connectivity index (χ0) is 55.0. The van der Waals surface area contributed by atoms with Crippen molar-refractivity contribution in [2.24, 2.45) is 0 Å². The number of nitrogens with one attached hydrogen (secondary N) is 1. The van der Waals surface area contributed by atoms with Crippen molar-refractivity contribution in [3.63, 3.8) is 0 Å². The average Bonchev–Trinajstić information content (AvgIpc) is 3.37. The molecule has 0 bridgehead atoms. The number of phosphoric acid groups is 1. The van der Waals surface area contributed by atoms with Crippen LogP contribution in [0, 0.1) is 0 Å². The maximum absolute atomic E-state index is 13.5. The third-order valence-corrected chi connectivity index (χ3v) is 16.2. The second kappa shape index (κ2) is 56.0. The van der Waals surface area contributed by atoms with Gasteiger partial charge in [0.25, 0.3) is 0 Å². The molecule has 0 aliphatic rings. The topological polar surface area (TPSA) is 111 Å². The molecular formula is C65H130N2O7P+. The highest BCUT2D eigenvalue weighted by Gasteiger charge is 2.30. The summed E-state index contributed by atoms with van der Waals surface area (Å²) in [7, 11) is 1.52. The van der Waals surface area contributed by atoms with Gasteiger partial charge in [0.1, 0.15) is 19.3 Å². The maximum atomic E-state index is 13.5. The van der Waals surface area contributed by atoms with Gasteiger partial charge in [-0.15, -0.1) is 0 Å². The molecule has 10 heteroatoms. The Morgan fingerprint density at radius 1 is 0.453 bits per heavy atom. The van der Waals surface area contributed by atoms with Gasteiger partial charge in [-0.05, 0) is 31.8 Å². The molecule has 2 N–H and O–H groups in total. The van der Waals surface area contributed by atoms with Crippen molar-refractivity contribution in [3.8, 4) is 0 Å². The number of unbranched alkanes of at least 4 members (excludes halogenated alkanes) is 45. The van der Waals surface area contributed by atoms with Gasteiger partial charge in [0.05, 0.1) is 33.8 Å². The zero-order valence-corrected chi connectivity index (χ0v) is 52.0. The van der Waals surface area contributed by atoms with Crippen molar-refractivity contribution in [3.05, 3.63) is 12.2 Å². The molecular weight excluding hydrogens is 952 g/mol. The fourth-order valence-electron chi connectivity index (χ4n) is 10.1. The van der Waals surface area contributed by atoms with E-state index in [1.165, 1.54) is 250 Å². The summed E-state index contributed by atoms with van der Waals surface area (Å²) in [5.41, 5.74) is 0. The monoisotopic (exact) mass is 1080 g/mol. The van der Waals surface area contributed by atoms with E-state index in [4.69, 9.17) is 13.8 Å². The molecule has 0 aromatic carbocycles. The lowest BCUT2D eigenvalue weighted by atomic mass is 10.0. The van der Waals surface area contributed by atoms with E-state index < -0.39 is 20.0 Å². The number of phosphoric ester groups is 1. The summed E-state index contributed by atoms with van der Waals surface area (Å²) in [5, 5.41) is 3.06. The van der Waals surface area contributed by atoms with Gasteiger partial charge in [-0.1, -0.05) is 309 Å². The molecule has 0 fully saturated rings. The molecule has 3 unspecified atom stereocenters. The first-order valence-corrected chi connectivity index (χ1v) is 34.5. The van der Waals surface area contributed by atoms with Crippen LogP contribution in [0.25, 0.3) is 0 Å². The number of nitrogens with zero attached hydrogens (tertiary/aromatic N) is 1. The quantitative estimate of drug-likeness (QED) is 0.0205. The first-order valence-electron chi connectivity index (χ1n) is 33.0. The van der Waals surface area contributed by atoms with E-state index in [0.717, 1.165) is 57.8 Å². The number of allylic oxidation sites excluding steroid dienone is 1. The Kier molecular flexibility index (Phi) is 55.1. The lowest BCUT2D eigenvalue weighted by molar-refractivity contribution is -0.870. The van der Waals surface area contributed by atoms with Crippen LogP contribution in [0.3, 0.4) is 0 Å². The van der Waals surface area contributed by atoms with Crippen LogP contribution >= 0.6 is 7.82 Å². The number of carbonyl (C=O) groups excluding carboxylic acids is 2. The molecule has 1 amide bonds. The van der Waals surface area contributed by atoms with Crippen molar-refractivity contribution >= 4 is 19.7 Å². The second-order valence-corrected chi connectivity index (χ2v) is 25.5. The van der Waals surface area contributed by atoms with Gasteiger partial charge in [0.2, 0.25) is 5.91 Å². The number of amides is 1. The van der Waals surface area contributed by atoms with Gasteiger partial charge < -0.3 is 19.4 Å². The number of ether oxygens (including phenoxy) is 1. The molecule has 0 spiro atoms. The molecule has 9 nitrogen and oxygen atoms in total. The van der Waals surface area contributed by atoms with E-state index in [1.807, 2.05) is 33.3 Å². The van der Waals surface area contributed by atoms with Crippen LogP contribution in [0.1, 0.15) is 342 Å². The Hall–Kier alpha value is -1.25. The highest BCUT2D eigenvalue weighted by Crippen LogP contribution is 2.43. The summed E-state index contributed by atoms with van der Waals surface area (Å²) in [6.07, 6.45) is 65.1. The Labute approximate surface area is 467 Å². The van der Waals surface area contributed by atoms with Crippen LogP contribution in [-0.4, -0.2) is 74.3 Å². The summed E-state index contributed by atoms with van der Waals surface area (Å²) < 4.78 is 30.7. The van der Waals surface area contributed by atoms with Crippen LogP contribution < -0.4 is 5.32 Å². The summed E-state index contributed by atoms with van der Waals surface area (Å²) >= 11 is 0. The smallest absolute Gasteiger partial charge is 0.456 e. The van der Waals surface area contributed by atoms with Crippen molar-refractivity contribution in [2.75, 3.05) is 40.9 Å². The molecule has 75 heavy (non-hydrogen) atoms. The van der Waals surface area contributed by atoms with Crippen molar-refractivity contribution in [2.45, 2.75) is 354 Å². The molecule has 0 saturated heterocycles. The van der Waals surface area contributed by atoms with E-state index in [1.54, 1.807) is 0 Å². The molecule has 0 heterocycles. The minimum Gasteiger partial charge on any atom is -0.456 e. The molecule has 0 aromatic heterocycles. The first kappa shape index (κ1) is 73.8. The van der Waals surface area contributed by atoms with E-state index in [0.29, 0.717) is 23.9 Å². The summed E-state index contributed by atoms with van der Waals surface area (Å²) in [4.78, 5) is 37.7. The molecule has 0 aliphatic carbocycles. The number of hydrogen-bond acceptors (Lipinski definition) is 6. The summed E-state index contributed by atoms with van der Waals surface area (Å²) in [5.74, 6) is -0.483. The number of esters is 1. The largest absolute Gasteiger partial charge is 0.472 e. The Morgan fingerprint density at radius 2 is 0.760 bits per heavy atom. The number of hydrogen-bond donors (Lipinski definition) is 2. The third kappa shape index (κ3) is 57.3. The van der Waals surface area contributed by atoms with E-state index in [2.05, 4.69) is 26.1 Å². The molecule has 0 rings (SSSR count).